The Morgan fingerprint density at radius 1 is 1.38 bits per heavy atom. The van der Waals surface area contributed by atoms with Gasteiger partial charge in [-0.05, 0) is 49.9 Å². The second-order valence-electron chi connectivity index (χ2n) is 7.38. The Hall–Kier alpha value is -0.660. The minimum absolute atomic E-state index is 0.0481. The van der Waals surface area contributed by atoms with E-state index >= 15 is 0 Å². The molecule has 0 radical (unpaired) electrons. The number of aryl methyl sites for hydroxylation is 2. The molecule has 1 spiro atoms. The van der Waals surface area contributed by atoms with Crippen molar-refractivity contribution in [2.75, 3.05) is 19.7 Å². The summed E-state index contributed by atoms with van der Waals surface area (Å²) in [6.07, 6.45) is 1.88. The molecule has 1 aromatic carbocycles. The van der Waals surface area contributed by atoms with Gasteiger partial charge in [0.15, 0.2) is 0 Å². The molecule has 7 heteroatoms. The predicted molar refractivity (Wildman–Crippen MR) is 90.6 cm³/mol. The maximum absolute atomic E-state index is 13.2. The standard InChI is InChI=1S/C17H22ClNO4S/c1-10-6-16(11(2)5-14(10)18)24(21,22)19-7-13-12(8-20)15-3-4-17(13,9-19)23-15/h5-6,12-13,15,20H,3-4,7-9H2,1-2H3/t12-,13+,15+,17+/m0/s1. The van der Waals surface area contributed by atoms with Crippen LogP contribution in [0.5, 0.6) is 0 Å². The molecule has 2 bridgehead atoms. The Morgan fingerprint density at radius 2 is 2.12 bits per heavy atom. The number of benzene rings is 1. The van der Waals surface area contributed by atoms with E-state index < -0.39 is 15.6 Å². The van der Waals surface area contributed by atoms with Gasteiger partial charge >= 0.3 is 0 Å². The fourth-order valence-electron chi connectivity index (χ4n) is 4.75. The Kier molecular flexibility index (Phi) is 3.79. The van der Waals surface area contributed by atoms with Gasteiger partial charge in [-0.3, -0.25) is 0 Å². The zero-order chi connectivity index (χ0) is 17.3. The highest BCUT2D eigenvalue weighted by molar-refractivity contribution is 7.89. The lowest BCUT2D eigenvalue weighted by atomic mass is 9.74. The number of ether oxygens (including phenoxy) is 1. The normalized spacial score (nSPS) is 35.6. The average molecular weight is 372 g/mol. The number of hydrogen-bond acceptors (Lipinski definition) is 4. The molecule has 0 unspecified atom stereocenters. The van der Waals surface area contributed by atoms with Crippen molar-refractivity contribution >= 4 is 21.6 Å². The number of rotatable bonds is 3. The lowest BCUT2D eigenvalue weighted by molar-refractivity contribution is 0.00644. The number of aliphatic hydroxyl groups is 1. The first-order chi connectivity index (χ1) is 11.3. The van der Waals surface area contributed by atoms with Gasteiger partial charge in [-0.2, -0.15) is 4.31 Å². The van der Waals surface area contributed by atoms with Crippen LogP contribution >= 0.6 is 11.6 Å². The maximum atomic E-state index is 13.2. The Balaban J connectivity index is 1.69. The van der Waals surface area contributed by atoms with E-state index in [2.05, 4.69) is 0 Å². The van der Waals surface area contributed by atoms with Crippen LogP contribution in [0.3, 0.4) is 0 Å². The summed E-state index contributed by atoms with van der Waals surface area (Å²) in [5.74, 6) is 0.136. The van der Waals surface area contributed by atoms with E-state index in [4.69, 9.17) is 16.3 Å². The van der Waals surface area contributed by atoms with E-state index in [1.54, 1.807) is 19.1 Å². The van der Waals surface area contributed by atoms with E-state index in [1.807, 2.05) is 6.92 Å². The zero-order valence-electron chi connectivity index (χ0n) is 13.8. The molecule has 3 fully saturated rings. The molecular weight excluding hydrogens is 350 g/mol. The van der Waals surface area contributed by atoms with Crippen molar-refractivity contribution in [2.45, 2.75) is 43.3 Å². The van der Waals surface area contributed by atoms with Crippen LogP contribution in [-0.2, 0) is 14.8 Å². The van der Waals surface area contributed by atoms with E-state index in [0.717, 1.165) is 18.4 Å². The summed E-state index contributed by atoms with van der Waals surface area (Å²) in [4.78, 5) is 0.316. The third-order valence-corrected chi connectivity index (χ3v) is 8.40. The van der Waals surface area contributed by atoms with Gasteiger partial charge in [0.05, 0.1) is 16.6 Å². The van der Waals surface area contributed by atoms with Crippen LogP contribution in [-0.4, -0.2) is 49.2 Å². The predicted octanol–water partition coefficient (Wildman–Crippen LogP) is 2.12. The molecule has 0 amide bonds. The number of aliphatic hydroxyl groups excluding tert-OH is 1. The second kappa shape index (κ2) is 5.42. The largest absolute Gasteiger partial charge is 0.396 e. The summed E-state index contributed by atoms with van der Waals surface area (Å²) >= 11 is 6.11. The quantitative estimate of drug-likeness (QED) is 0.883. The van der Waals surface area contributed by atoms with Crippen molar-refractivity contribution in [1.82, 2.24) is 4.31 Å². The smallest absolute Gasteiger partial charge is 0.243 e. The Morgan fingerprint density at radius 3 is 2.83 bits per heavy atom. The van der Waals surface area contributed by atoms with Gasteiger partial charge in [-0.1, -0.05) is 11.6 Å². The number of halogens is 1. The first-order valence-corrected chi connectivity index (χ1v) is 10.2. The average Bonchev–Trinajstić information content (AvgIpc) is 3.17. The van der Waals surface area contributed by atoms with E-state index in [1.165, 1.54) is 4.31 Å². The minimum Gasteiger partial charge on any atom is -0.396 e. The maximum Gasteiger partial charge on any atom is 0.243 e. The van der Waals surface area contributed by atoms with Gasteiger partial charge in [0.1, 0.15) is 0 Å². The van der Waals surface area contributed by atoms with E-state index in [0.29, 0.717) is 28.6 Å². The number of fused-ring (bicyclic) bond motifs is 1. The van der Waals surface area contributed by atoms with E-state index in [-0.39, 0.29) is 24.5 Å². The lowest BCUT2D eigenvalue weighted by Gasteiger charge is -2.27. The van der Waals surface area contributed by atoms with Gasteiger partial charge < -0.3 is 9.84 Å². The highest BCUT2D eigenvalue weighted by Crippen LogP contribution is 2.55. The number of nitrogens with zero attached hydrogens (tertiary/aromatic N) is 1. The molecular formula is C17H22ClNO4S. The van der Waals surface area contributed by atoms with Crippen LogP contribution in [0.1, 0.15) is 24.0 Å². The molecule has 4 atom stereocenters. The van der Waals surface area contributed by atoms with Crippen LogP contribution in [0.4, 0.5) is 0 Å². The number of hydrogen-bond donors (Lipinski definition) is 1. The molecule has 3 aliphatic heterocycles. The summed E-state index contributed by atoms with van der Waals surface area (Å²) in [5, 5.41) is 10.3. The van der Waals surface area contributed by atoms with Crippen LogP contribution in [0.25, 0.3) is 0 Å². The van der Waals surface area contributed by atoms with Crippen molar-refractivity contribution in [3.8, 4) is 0 Å². The number of sulfonamides is 1. The third-order valence-electron chi connectivity index (χ3n) is 6.04. The van der Waals surface area contributed by atoms with Crippen molar-refractivity contribution < 1.29 is 18.3 Å². The van der Waals surface area contributed by atoms with Crippen molar-refractivity contribution in [3.63, 3.8) is 0 Å². The summed E-state index contributed by atoms with van der Waals surface area (Å²) in [6, 6.07) is 3.36. The van der Waals surface area contributed by atoms with Crippen LogP contribution in [0.2, 0.25) is 5.02 Å². The first-order valence-electron chi connectivity index (χ1n) is 8.34. The van der Waals surface area contributed by atoms with Gasteiger partial charge in [0, 0.05) is 36.6 Å². The molecule has 0 aromatic heterocycles. The molecule has 1 N–H and O–H groups in total. The fraction of sp³-hybridized carbons (Fsp3) is 0.647. The fourth-order valence-corrected chi connectivity index (χ4v) is 6.78. The minimum atomic E-state index is -3.60. The Bertz CT molecular complexity index is 796. The monoisotopic (exact) mass is 371 g/mol. The topological polar surface area (TPSA) is 66.8 Å². The molecule has 0 saturated carbocycles. The van der Waals surface area contributed by atoms with Gasteiger partial charge in [-0.15, -0.1) is 0 Å². The highest BCUT2D eigenvalue weighted by Gasteiger charge is 2.64. The summed E-state index contributed by atoms with van der Waals surface area (Å²) in [5.41, 5.74) is 1.01. The van der Waals surface area contributed by atoms with Crippen LogP contribution in [0.15, 0.2) is 17.0 Å². The molecule has 3 aliphatic rings. The lowest BCUT2D eigenvalue weighted by Crippen LogP contribution is -2.38. The van der Waals surface area contributed by atoms with Crippen LogP contribution < -0.4 is 0 Å². The van der Waals surface area contributed by atoms with Crippen molar-refractivity contribution in [3.05, 3.63) is 28.3 Å². The van der Waals surface area contributed by atoms with E-state index in [9.17, 15) is 13.5 Å². The third kappa shape index (κ3) is 2.20. The molecule has 4 rings (SSSR count). The summed E-state index contributed by atoms with van der Waals surface area (Å²) < 4.78 is 34.0. The first kappa shape index (κ1) is 16.8. The SMILES string of the molecule is Cc1cc(S(=O)(=O)N2C[C@@H]3[C@H](CO)[C@H]4CC[C@]3(C2)O4)c(C)cc1Cl. The molecule has 3 heterocycles. The van der Waals surface area contributed by atoms with Crippen molar-refractivity contribution in [1.29, 1.82) is 0 Å². The van der Waals surface area contributed by atoms with Gasteiger partial charge in [0.2, 0.25) is 10.0 Å². The van der Waals surface area contributed by atoms with Crippen molar-refractivity contribution in [2.24, 2.45) is 11.8 Å². The summed E-state index contributed by atoms with van der Waals surface area (Å²) in [7, 11) is -3.60. The molecule has 24 heavy (non-hydrogen) atoms. The summed E-state index contributed by atoms with van der Waals surface area (Å²) in [6.45, 7) is 4.44. The van der Waals surface area contributed by atoms with Gasteiger partial charge in [0.25, 0.3) is 0 Å². The zero-order valence-corrected chi connectivity index (χ0v) is 15.4. The molecule has 0 aliphatic carbocycles. The molecule has 3 saturated heterocycles. The Labute approximate surface area is 147 Å². The molecule has 132 valence electrons. The molecule has 5 nitrogen and oxygen atoms in total. The second-order valence-corrected chi connectivity index (χ2v) is 9.69. The molecule has 1 aromatic rings. The highest BCUT2D eigenvalue weighted by atomic mass is 35.5. The van der Waals surface area contributed by atoms with Crippen LogP contribution in [0, 0.1) is 25.7 Å². The van der Waals surface area contributed by atoms with Gasteiger partial charge in [-0.25, -0.2) is 8.42 Å².